The first kappa shape index (κ1) is 17.1. The van der Waals surface area contributed by atoms with Crippen LogP contribution in [-0.4, -0.2) is 15.7 Å². The van der Waals surface area contributed by atoms with Crippen molar-refractivity contribution in [3.8, 4) is 0 Å². The Morgan fingerprint density at radius 1 is 1.15 bits per heavy atom. The average Bonchev–Trinajstić information content (AvgIpc) is 3.30. The molecule has 0 radical (unpaired) electrons. The topological polar surface area (TPSA) is 60.1 Å². The van der Waals surface area contributed by atoms with Gasteiger partial charge in [-0.1, -0.05) is 42.0 Å². The third-order valence-electron chi connectivity index (χ3n) is 4.73. The van der Waals surface area contributed by atoms with Crippen molar-refractivity contribution in [2.24, 2.45) is 0 Å². The zero-order chi connectivity index (χ0) is 18.8. The van der Waals surface area contributed by atoms with E-state index < -0.39 is 0 Å². The van der Waals surface area contributed by atoms with Crippen LogP contribution in [0.15, 0.2) is 71.4 Å². The molecule has 2 heterocycles. The van der Waals surface area contributed by atoms with Crippen molar-refractivity contribution >= 4 is 16.9 Å². The molecule has 5 nitrogen and oxygen atoms in total. The van der Waals surface area contributed by atoms with Gasteiger partial charge in [0.15, 0.2) is 5.76 Å². The summed E-state index contributed by atoms with van der Waals surface area (Å²) in [6.07, 6.45) is 3.62. The van der Waals surface area contributed by atoms with Gasteiger partial charge in [-0.2, -0.15) is 5.10 Å². The lowest BCUT2D eigenvalue weighted by Gasteiger charge is -2.19. The van der Waals surface area contributed by atoms with Crippen molar-refractivity contribution in [2.75, 3.05) is 0 Å². The standard InChI is InChI=1S/C22H21N3O2/c1-15-9-10-20-18(13-15)16(2)21(27-20)22(26)24-19(14-25-12-6-11-23-25)17-7-4-3-5-8-17/h3-13,19H,14H2,1-2H3,(H,24,26)/t19-/m1/s1. The van der Waals surface area contributed by atoms with Gasteiger partial charge >= 0.3 is 0 Å². The first-order chi connectivity index (χ1) is 13.1. The van der Waals surface area contributed by atoms with Crippen LogP contribution in [0.4, 0.5) is 0 Å². The minimum Gasteiger partial charge on any atom is -0.451 e. The Labute approximate surface area is 157 Å². The second-order valence-electron chi connectivity index (χ2n) is 6.72. The van der Waals surface area contributed by atoms with E-state index in [2.05, 4.69) is 10.4 Å². The Bertz CT molecular complexity index is 1070. The third-order valence-corrected chi connectivity index (χ3v) is 4.73. The van der Waals surface area contributed by atoms with Gasteiger partial charge in [0, 0.05) is 23.3 Å². The zero-order valence-corrected chi connectivity index (χ0v) is 15.3. The molecule has 0 bridgehead atoms. The van der Waals surface area contributed by atoms with E-state index in [0.29, 0.717) is 12.3 Å². The fourth-order valence-corrected chi connectivity index (χ4v) is 3.29. The maximum atomic E-state index is 13.0. The highest BCUT2D eigenvalue weighted by Crippen LogP contribution is 2.27. The first-order valence-electron chi connectivity index (χ1n) is 8.95. The van der Waals surface area contributed by atoms with Gasteiger partial charge in [-0.05, 0) is 37.6 Å². The van der Waals surface area contributed by atoms with E-state index in [0.717, 1.165) is 27.7 Å². The van der Waals surface area contributed by atoms with Crippen molar-refractivity contribution < 1.29 is 9.21 Å². The van der Waals surface area contributed by atoms with E-state index in [1.54, 1.807) is 6.20 Å². The predicted molar refractivity (Wildman–Crippen MR) is 105 cm³/mol. The van der Waals surface area contributed by atoms with Gasteiger partial charge in [0.25, 0.3) is 5.91 Å². The molecule has 2 aromatic heterocycles. The number of nitrogens with zero attached hydrogens (tertiary/aromatic N) is 2. The number of amides is 1. The minimum atomic E-state index is -0.220. The van der Waals surface area contributed by atoms with Crippen molar-refractivity contribution in [1.29, 1.82) is 0 Å². The molecule has 0 fully saturated rings. The zero-order valence-electron chi connectivity index (χ0n) is 15.3. The third kappa shape index (κ3) is 3.49. The monoisotopic (exact) mass is 359 g/mol. The lowest BCUT2D eigenvalue weighted by atomic mass is 10.1. The summed E-state index contributed by atoms with van der Waals surface area (Å²) in [5.41, 5.74) is 3.74. The molecule has 2 aromatic carbocycles. The molecule has 0 aliphatic rings. The fraction of sp³-hybridized carbons (Fsp3) is 0.182. The number of hydrogen-bond acceptors (Lipinski definition) is 3. The highest BCUT2D eigenvalue weighted by molar-refractivity contribution is 5.99. The highest BCUT2D eigenvalue weighted by atomic mass is 16.3. The molecule has 5 heteroatoms. The second kappa shape index (κ2) is 7.11. The van der Waals surface area contributed by atoms with Gasteiger partial charge in [-0.15, -0.1) is 0 Å². The van der Waals surface area contributed by atoms with Gasteiger partial charge < -0.3 is 9.73 Å². The molecule has 27 heavy (non-hydrogen) atoms. The van der Waals surface area contributed by atoms with Crippen LogP contribution >= 0.6 is 0 Å². The van der Waals surface area contributed by atoms with Crippen LogP contribution in [0.3, 0.4) is 0 Å². The van der Waals surface area contributed by atoms with E-state index in [4.69, 9.17) is 4.42 Å². The Morgan fingerprint density at radius 3 is 2.70 bits per heavy atom. The predicted octanol–water partition coefficient (Wildman–Crippen LogP) is 4.42. The molecule has 1 N–H and O–H groups in total. The number of rotatable bonds is 5. The fourth-order valence-electron chi connectivity index (χ4n) is 3.29. The van der Waals surface area contributed by atoms with E-state index >= 15 is 0 Å². The summed E-state index contributed by atoms with van der Waals surface area (Å²) in [5, 5.41) is 8.35. The molecular formula is C22H21N3O2. The summed E-state index contributed by atoms with van der Waals surface area (Å²) in [6.45, 7) is 4.49. The molecule has 0 aliphatic carbocycles. The van der Waals surface area contributed by atoms with Crippen LogP contribution in [0, 0.1) is 13.8 Å². The number of furan rings is 1. The van der Waals surface area contributed by atoms with Crippen LogP contribution in [0.2, 0.25) is 0 Å². The number of benzene rings is 2. The van der Waals surface area contributed by atoms with Crippen LogP contribution in [0.25, 0.3) is 11.0 Å². The maximum absolute atomic E-state index is 13.0. The number of carbonyl (C=O) groups is 1. The number of aryl methyl sites for hydroxylation is 2. The Morgan fingerprint density at radius 2 is 1.96 bits per heavy atom. The molecule has 0 saturated carbocycles. The summed E-state index contributed by atoms with van der Waals surface area (Å²) >= 11 is 0. The molecule has 4 rings (SSSR count). The highest BCUT2D eigenvalue weighted by Gasteiger charge is 2.22. The van der Waals surface area contributed by atoms with Gasteiger partial charge in [0.05, 0.1) is 12.6 Å². The first-order valence-corrected chi connectivity index (χ1v) is 8.95. The van der Waals surface area contributed by atoms with Gasteiger partial charge in [-0.25, -0.2) is 0 Å². The summed E-state index contributed by atoms with van der Waals surface area (Å²) in [5.74, 6) is 0.138. The van der Waals surface area contributed by atoms with E-state index in [-0.39, 0.29) is 11.9 Å². The number of fused-ring (bicyclic) bond motifs is 1. The van der Waals surface area contributed by atoms with Crippen LogP contribution in [0.5, 0.6) is 0 Å². The maximum Gasteiger partial charge on any atom is 0.287 e. The van der Waals surface area contributed by atoms with Crippen LogP contribution in [-0.2, 0) is 6.54 Å². The van der Waals surface area contributed by atoms with Gasteiger partial charge in [0.1, 0.15) is 5.58 Å². The minimum absolute atomic E-state index is 0.215. The summed E-state index contributed by atoms with van der Waals surface area (Å²) in [7, 11) is 0. The van der Waals surface area contributed by atoms with Crippen LogP contribution in [0.1, 0.15) is 33.3 Å². The molecule has 0 spiro atoms. The number of carbonyl (C=O) groups excluding carboxylic acids is 1. The molecule has 1 atom stereocenters. The molecule has 0 aliphatic heterocycles. The number of nitrogens with one attached hydrogen (secondary N) is 1. The summed E-state index contributed by atoms with van der Waals surface area (Å²) < 4.78 is 7.67. The van der Waals surface area contributed by atoms with E-state index in [1.807, 2.05) is 79.3 Å². The second-order valence-corrected chi connectivity index (χ2v) is 6.72. The smallest absolute Gasteiger partial charge is 0.287 e. The summed E-state index contributed by atoms with van der Waals surface area (Å²) in [4.78, 5) is 13.0. The summed E-state index contributed by atoms with van der Waals surface area (Å²) in [6, 6.07) is 17.5. The van der Waals surface area contributed by atoms with E-state index in [9.17, 15) is 4.79 Å². The molecule has 0 unspecified atom stereocenters. The number of hydrogen-bond donors (Lipinski definition) is 1. The Hall–Kier alpha value is -3.34. The van der Waals surface area contributed by atoms with E-state index in [1.165, 1.54) is 0 Å². The van der Waals surface area contributed by atoms with Gasteiger partial charge in [-0.3, -0.25) is 9.48 Å². The molecular weight excluding hydrogens is 338 g/mol. The largest absolute Gasteiger partial charge is 0.451 e. The molecule has 0 saturated heterocycles. The normalized spacial score (nSPS) is 12.2. The average molecular weight is 359 g/mol. The Kier molecular flexibility index (Phi) is 4.50. The molecule has 1 amide bonds. The molecule has 4 aromatic rings. The van der Waals surface area contributed by atoms with Crippen molar-refractivity contribution in [2.45, 2.75) is 26.4 Å². The number of aromatic nitrogens is 2. The van der Waals surface area contributed by atoms with Crippen molar-refractivity contribution in [3.05, 3.63) is 89.4 Å². The quantitative estimate of drug-likeness (QED) is 0.574. The van der Waals surface area contributed by atoms with Crippen LogP contribution < -0.4 is 5.32 Å². The SMILES string of the molecule is Cc1ccc2oc(C(=O)N[C@H](Cn3cccn3)c3ccccc3)c(C)c2c1. The van der Waals surface area contributed by atoms with Crippen molar-refractivity contribution in [3.63, 3.8) is 0 Å². The van der Waals surface area contributed by atoms with Gasteiger partial charge in [0.2, 0.25) is 0 Å². The lowest BCUT2D eigenvalue weighted by molar-refractivity contribution is 0.0905. The Balaban J connectivity index is 1.64. The van der Waals surface area contributed by atoms with Crippen molar-refractivity contribution in [1.82, 2.24) is 15.1 Å². The lowest BCUT2D eigenvalue weighted by Crippen LogP contribution is -2.31. The molecule has 136 valence electrons.